The summed E-state index contributed by atoms with van der Waals surface area (Å²) in [6.45, 7) is 13.7. The van der Waals surface area contributed by atoms with E-state index in [0.29, 0.717) is 57.8 Å². The minimum absolute atomic E-state index is 0.0747. The summed E-state index contributed by atoms with van der Waals surface area (Å²) < 4.78 is 71.3. The van der Waals surface area contributed by atoms with Crippen LogP contribution in [0.1, 0.15) is 120 Å². The van der Waals surface area contributed by atoms with E-state index in [1.54, 1.807) is 0 Å². The normalized spacial score (nSPS) is 55.3. The molecule has 0 aromatic heterocycles. The number of carbonyl (C=O) groups is 1. The zero-order valence-electron chi connectivity index (χ0n) is 54.6. The first-order chi connectivity index (χ1) is 44.1. The number of aliphatic hydroxyl groups is 17. The smallest absolute Gasteiger partial charge is 0.315 e. The molecule has 6 heterocycles. The van der Waals surface area contributed by atoms with Gasteiger partial charge in [-0.2, -0.15) is 0 Å². The summed E-state index contributed by atoms with van der Waals surface area (Å²) in [5.41, 5.74) is -2.22. The van der Waals surface area contributed by atoms with Crippen LogP contribution in [0.25, 0.3) is 0 Å². The highest BCUT2D eigenvalue weighted by Gasteiger charge is 2.71. The molecule has 30 nitrogen and oxygen atoms in total. The van der Waals surface area contributed by atoms with E-state index in [9.17, 15) is 86.8 Å². The molecule has 0 aromatic carbocycles. The quantitative estimate of drug-likeness (QED) is 0.0421. The molecule has 11 rings (SSSR count). The minimum Gasteiger partial charge on any atom is -0.432 e. The molecule has 10 fully saturated rings. The lowest BCUT2D eigenvalue weighted by atomic mass is 9.33. The standard InChI is InChI=1S/C64H104O30/c1-25-36(69)41(74)45(78)54(86-25)91-49-31(20-65)88-52(47(80)43(49)76)85-23-32-40(73)42(75)46(79)55(89-32)94-58(82)64-17-15-59(3,4)19-28(64)27-9-10-34-60(5)13-12-35(61(6,24-66)33(60)11-14-63(34,8)62(27,7)16-18-64)90-57-51(39(72)30(68)22-84-57)93-56-48(81)50(37(70)26(2)87-56)92-53-44(77)38(71)29(67)21-83-53/h9,25-26,28-57,65-81H,10-24H2,1-8H3/t25-,26-,28-,29-,30-,31+,32-,33+,34+,35+,36+,37-,38-,39-,40+,41+,42+,43+,44-,45+,46+,47+,48-,49-,50-,51-,52+,53-,54-,55-,56-,57-,60-,61+,62-,63+,64+/m1/s1. The third-order valence-corrected chi connectivity index (χ3v) is 24.9. The summed E-state index contributed by atoms with van der Waals surface area (Å²) in [5.74, 6) is -1.01. The van der Waals surface area contributed by atoms with Crippen molar-refractivity contribution in [2.45, 2.75) is 298 Å². The summed E-state index contributed by atoms with van der Waals surface area (Å²) >= 11 is 0. The van der Waals surface area contributed by atoms with Gasteiger partial charge in [0.25, 0.3) is 0 Å². The number of rotatable bonds is 15. The summed E-state index contributed by atoms with van der Waals surface area (Å²) in [6, 6.07) is 0. The monoisotopic (exact) mass is 1350 g/mol. The molecule has 94 heavy (non-hydrogen) atoms. The Morgan fingerprint density at radius 2 is 1.09 bits per heavy atom. The molecule has 6 aliphatic heterocycles. The van der Waals surface area contributed by atoms with Crippen molar-refractivity contribution in [1.29, 1.82) is 0 Å². The first kappa shape index (κ1) is 73.3. The number of carbonyl (C=O) groups excluding carboxylic acids is 1. The molecule has 5 aliphatic carbocycles. The van der Waals surface area contributed by atoms with E-state index in [4.69, 9.17) is 56.8 Å². The van der Waals surface area contributed by atoms with Crippen molar-refractivity contribution >= 4 is 5.97 Å². The van der Waals surface area contributed by atoms with Crippen molar-refractivity contribution in [1.82, 2.24) is 0 Å². The van der Waals surface area contributed by atoms with Crippen molar-refractivity contribution < 1.29 is 148 Å². The number of fused-ring (bicyclic) bond motifs is 7. The highest BCUT2D eigenvalue weighted by Crippen LogP contribution is 2.76. The predicted octanol–water partition coefficient (Wildman–Crippen LogP) is -4.08. The molecule has 0 aromatic rings. The number of hydrogen-bond donors (Lipinski definition) is 17. The number of allylic oxidation sites excluding steroid dienone is 2. The van der Waals surface area contributed by atoms with Crippen LogP contribution in [0.5, 0.6) is 0 Å². The lowest BCUT2D eigenvalue weighted by molar-refractivity contribution is -0.379. The largest absolute Gasteiger partial charge is 0.432 e. The number of esters is 1. The summed E-state index contributed by atoms with van der Waals surface area (Å²) in [7, 11) is 0. The van der Waals surface area contributed by atoms with Crippen LogP contribution in [0.3, 0.4) is 0 Å². The second-order valence-electron chi connectivity index (χ2n) is 30.8. The van der Waals surface area contributed by atoms with E-state index < -0.39 is 220 Å². The summed E-state index contributed by atoms with van der Waals surface area (Å²) in [4.78, 5) is 15.3. The third kappa shape index (κ3) is 12.5. The average Bonchev–Trinajstić information content (AvgIpc) is 0.676. The predicted molar refractivity (Wildman–Crippen MR) is 315 cm³/mol. The van der Waals surface area contributed by atoms with E-state index in [1.807, 2.05) is 6.92 Å². The van der Waals surface area contributed by atoms with Gasteiger partial charge in [-0.3, -0.25) is 4.79 Å². The van der Waals surface area contributed by atoms with Gasteiger partial charge in [-0.05, 0) is 117 Å². The topological polar surface area (TPSA) is 472 Å². The van der Waals surface area contributed by atoms with Crippen LogP contribution in [0.2, 0.25) is 0 Å². The second-order valence-corrected chi connectivity index (χ2v) is 30.8. The van der Waals surface area contributed by atoms with Gasteiger partial charge in [-0.15, -0.1) is 0 Å². The average molecular weight is 1350 g/mol. The number of hydrogen-bond acceptors (Lipinski definition) is 30. The lowest BCUT2D eigenvalue weighted by Gasteiger charge is -2.71. The molecule has 17 N–H and O–H groups in total. The maximum Gasteiger partial charge on any atom is 0.315 e. The highest BCUT2D eigenvalue weighted by molar-refractivity contribution is 5.79. The van der Waals surface area contributed by atoms with Crippen LogP contribution < -0.4 is 0 Å². The van der Waals surface area contributed by atoms with E-state index >= 15 is 4.79 Å². The van der Waals surface area contributed by atoms with Gasteiger partial charge in [0.2, 0.25) is 6.29 Å². The van der Waals surface area contributed by atoms with E-state index in [-0.39, 0.29) is 47.2 Å². The Bertz CT molecular complexity index is 2640. The molecule has 37 atom stereocenters. The van der Waals surface area contributed by atoms with Gasteiger partial charge < -0.3 is 144 Å². The first-order valence-electron chi connectivity index (χ1n) is 33.5. The molecule has 4 saturated carbocycles. The van der Waals surface area contributed by atoms with Gasteiger partial charge in [-0.25, -0.2) is 0 Å². The fraction of sp³-hybridized carbons (Fsp3) is 0.953. The molecular weight excluding hydrogens is 1250 g/mol. The third-order valence-electron chi connectivity index (χ3n) is 24.9. The van der Waals surface area contributed by atoms with Gasteiger partial charge in [-0.1, -0.05) is 53.2 Å². The van der Waals surface area contributed by atoms with E-state index in [0.717, 1.165) is 12.0 Å². The molecule has 540 valence electrons. The van der Waals surface area contributed by atoms with Crippen molar-refractivity contribution in [3.05, 3.63) is 11.6 Å². The van der Waals surface area contributed by atoms with Crippen LogP contribution in [0.4, 0.5) is 0 Å². The zero-order valence-corrected chi connectivity index (χ0v) is 54.6. The Hall–Kier alpha value is -1.91. The molecule has 0 amide bonds. The Morgan fingerprint density at radius 1 is 0.511 bits per heavy atom. The maximum absolute atomic E-state index is 15.3. The Balaban J connectivity index is 0.771. The Kier molecular flexibility index (Phi) is 21.4. The van der Waals surface area contributed by atoms with Crippen LogP contribution in [0.15, 0.2) is 11.6 Å². The molecule has 0 unspecified atom stereocenters. The Labute approximate surface area is 545 Å². The maximum atomic E-state index is 15.3. The molecule has 0 spiro atoms. The summed E-state index contributed by atoms with van der Waals surface area (Å²) in [5, 5.41) is 185. The number of ether oxygens (including phenoxy) is 12. The second kappa shape index (κ2) is 27.5. The van der Waals surface area contributed by atoms with E-state index in [1.165, 1.54) is 13.8 Å². The molecule has 0 bridgehead atoms. The SMILES string of the molecule is C[C@H]1O[C@H](O[C@H]2[C@@H](O)[C@H](O)[C@@H](OC[C@H]3O[C@H](OC(=O)[C@]45CCC(C)(C)C[C@@H]4C4=CC[C@H]6[C@]7(C)CC[C@H](O[C@H]8OC[C@@H](O)[C@@H](O)[C@H]8O[C@H]8O[C@H](C)[C@@H](O)[C@@H](O[C@H]9OC[C@@H](O)[C@@H](O)[C@H]9O)[C@H]8O)[C@@](C)(CO)[C@H]7CC[C@]6(C)[C@]4(C)CC5)[C@@H](O)[C@@H](O)[C@H]3O)O[C@H]2CO)[C@@H](O)[C@@H](O)[C@H]1O. The van der Waals surface area contributed by atoms with Crippen LogP contribution in [-0.2, 0) is 61.6 Å². The molecular formula is C64H104O30. The van der Waals surface area contributed by atoms with Gasteiger partial charge >= 0.3 is 5.97 Å². The van der Waals surface area contributed by atoms with Crippen molar-refractivity contribution in [2.75, 3.05) is 33.0 Å². The summed E-state index contributed by atoms with van der Waals surface area (Å²) in [6.07, 6.45) is -37.4. The van der Waals surface area contributed by atoms with Gasteiger partial charge in [0.05, 0.1) is 56.8 Å². The molecule has 6 saturated heterocycles. The zero-order chi connectivity index (χ0) is 68.4. The molecule has 30 heteroatoms. The Morgan fingerprint density at radius 3 is 1.77 bits per heavy atom. The van der Waals surface area contributed by atoms with Gasteiger partial charge in [0.1, 0.15) is 122 Å². The van der Waals surface area contributed by atoms with Crippen molar-refractivity contribution in [3.8, 4) is 0 Å². The molecule has 11 aliphatic rings. The van der Waals surface area contributed by atoms with Gasteiger partial charge in [0, 0.05) is 5.41 Å². The van der Waals surface area contributed by atoms with E-state index in [2.05, 4.69) is 40.7 Å². The first-order valence-corrected chi connectivity index (χ1v) is 33.5. The molecule has 0 radical (unpaired) electrons. The van der Waals surface area contributed by atoms with Crippen molar-refractivity contribution in [2.24, 2.45) is 50.2 Å². The fourth-order valence-corrected chi connectivity index (χ4v) is 18.7. The van der Waals surface area contributed by atoms with Crippen molar-refractivity contribution in [3.63, 3.8) is 0 Å². The van der Waals surface area contributed by atoms with Gasteiger partial charge in [0.15, 0.2) is 31.5 Å². The number of aliphatic hydroxyl groups excluding tert-OH is 17. The lowest BCUT2D eigenvalue weighted by Crippen LogP contribution is -2.67. The van der Waals surface area contributed by atoms with Crippen LogP contribution in [-0.4, -0.2) is 304 Å². The fourth-order valence-electron chi connectivity index (χ4n) is 18.7. The van der Waals surface area contributed by atoms with Crippen LogP contribution >= 0.6 is 0 Å². The van der Waals surface area contributed by atoms with Crippen LogP contribution in [0, 0.1) is 50.2 Å². The highest BCUT2D eigenvalue weighted by atomic mass is 16.8. The minimum atomic E-state index is -1.92.